The van der Waals surface area contributed by atoms with Crippen molar-refractivity contribution in [1.82, 2.24) is 9.55 Å². The Morgan fingerprint density at radius 3 is 2.96 bits per heavy atom. The average molecular weight is 336 g/mol. The van der Waals surface area contributed by atoms with Crippen LogP contribution in [0.5, 0.6) is 11.5 Å². The number of imidazole rings is 1. The second-order valence-corrected chi connectivity index (χ2v) is 5.64. The summed E-state index contributed by atoms with van der Waals surface area (Å²) < 4.78 is 17.6. The Morgan fingerprint density at radius 1 is 1.24 bits per heavy atom. The molecule has 25 heavy (non-hydrogen) atoms. The standard InChI is InChI=1S/C19H16N2O4/c1-23-19(22)14(8-13-6-7-17-18(9-13)25-12-24-17)10-21-11-20-15-4-2-3-5-16(15)21/h2-9,11H,10,12H2,1H3/b14-8+. The largest absolute Gasteiger partial charge is 0.466 e. The topological polar surface area (TPSA) is 62.6 Å². The number of aromatic nitrogens is 2. The van der Waals surface area contributed by atoms with E-state index in [9.17, 15) is 4.79 Å². The molecule has 1 aliphatic heterocycles. The van der Waals surface area contributed by atoms with Crippen LogP contribution in [0.4, 0.5) is 0 Å². The number of methoxy groups -OCH3 is 1. The third-order valence-electron chi connectivity index (χ3n) is 4.05. The number of rotatable bonds is 4. The van der Waals surface area contributed by atoms with E-state index in [0.29, 0.717) is 23.6 Å². The van der Waals surface area contributed by atoms with Gasteiger partial charge in [-0.1, -0.05) is 18.2 Å². The molecule has 0 bridgehead atoms. The van der Waals surface area contributed by atoms with Gasteiger partial charge in [0.15, 0.2) is 11.5 Å². The van der Waals surface area contributed by atoms with Crippen LogP contribution < -0.4 is 9.47 Å². The number of benzene rings is 2. The molecule has 126 valence electrons. The molecule has 0 amide bonds. The van der Waals surface area contributed by atoms with Crippen LogP contribution in [-0.4, -0.2) is 29.4 Å². The van der Waals surface area contributed by atoms with Crippen LogP contribution in [-0.2, 0) is 16.1 Å². The first-order valence-corrected chi connectivity index (χ1v) is 7.83. The molecule has 0 fully saturated rings. The van der Waals surface area contributed by atoms with E-state index in [1.165, 1.54) is 7.11 Å². The summed E-state index contributed by atoms with van der Waals surface area (Å²) in [6, 6.07) is 13.3. The van der Waals surface area contributed by atoms with Crippen molar-refractivity contribution < 1.29 is 19.0 Å². The Bertz CT molecular complexity index is 974. The zero-order valence-electron chi connectivity index (χ0n) is 13.6. The quantitative estimate of drug-likeness (QED) is 0.541. The summed E-state index contributed by atoms with van der Waals surface area (Å²) in [6.07, 6.45) is 3.52. The highest BCUT2D eigenvalue weighted by atomic mass is 16.7. The maximum atomic E-state index is 12.2. The lowest BCUT2D eigenvalue weighted by Crippen LogP contribution is -2.11. The van der Waals surface area contributed by atoms with Crippen LogP contribution in [0.1, 0.15) is 5.56 Å². The molecule has 0 unspecified atom stereocenters. The predicted molar refractivity (Wildman–Crippen MR) is 92.3 cm³/mol. The van der Waals surface area contributed by atoms with E-state index in [1.54, 1.807) is 12.4 Å². The molecule has 6 heteroatoms. The van der Waals surface area contributed by atoms with Gasteiger partial charge in [0.1, 0.15) is 0 Å². The number of carbonyl (C=O) groups excluding carboxylic acids is 1. The van der Waals surface area contributed by atoms with Crippen LogP contribution in [0, 0.1) is 0 Å². The van der Waals surface area contributed by atoms with Crippen molar-refractivity contribution in [3.63, 3.8) is 0 Å². The summed E-state index contributed by atoms with van der Waals surface area (Å²) in [5.41, 5.74) is 3.20. The molecule has 0 radical (unpaired) electrons. The Balaban J connectivity index is 1.69. The molecule has 1 aromatic heterocycles. The number of esters is 1. The molecule has 0 spiro atoms. The number of carbonyl (C=O) groups is 1. The molecule has 6 nitrogen and oxygen atoms in total. The molecule has 0 saturated carbocycles. The van der Waals surface area contributed by atoms with E-state index in [4.69, 9.17) is 14.2 Å². The maximum Gasteiger partial charge on any atom is 0.335 e. The van der Waals surface area contributed by atoms with Crippen LogP contribution in [0.2, 0.25) is 0 Å². The van der Waals surface area contributed by atoms with E-state index in [1.807, 2.05) is 47.0 Å². The van der Waals surface area contributed by atoms with Crippen LogP contribution in [0.25, 0.3) is 17.1 Å². The average Bonchev–Trinajstić information content (AvgIpc) is 3.27. The fourth-order valence-corrected chi connectivity index (χ4v) is 2.82. The fraction of sp³-hybridized carbons (Fsp3) is 0.158. The fourth-order valence-electron chi connectivity index (χ4n) is 2.82. The molecule has 2 aromatic carbocycles. The Hall–Kier alpha value is -3.28. The monoisotopic (exact) mass is 336 g/mol. The van der Waals surface area contributed by atoms with Crippen molar-refractivity contribution in [1.29, 1.82) is 0 Å². The van der Waals surface area contributed by atoms with Gasteiger partial charge in [0, 0.05) is 0 Å². The lowest BCUT2D eigenvalue weighted by Gasteiger charge is -2.08. The molecular formula is C19H16N2O4. The number of nitrogens with zero attached hydrogens (tertiary/aromatic N) is 2. The number of hydrogen-bond acceptors (Lipinski definition) is 5. The van der Waals surface area contributed by atoms with E-state index in [2.05, 4.69) is 4.98 Å². The third-order valence-corrected chi connectivity index (χ3v) is 4.05. The molecule has 0 N–H and O–H groups in total. The summed E-state index contributed by atoms with van der Waals surface area (Å²) in [5, 5.41) is 0. The lowest BCUT2D eigenvalue weighted by molar-refractivity contribution is -0.136. The molecule has 0 atom stereocenters. The van der Waals surface area contributed by atoms with Crippen LogP contribution in [0.15, 0.2) is 54.4 Å². The van der Waals surface area contributed by atoms with Crippen molar-refractivity contribution in [3.05, 3.63) is 59.9 Å². The lowest BCUT2D eigenvalue weighted by atomic mass is 10.1. The van der Waals surface area contributed by atoms with Crippen molar-refractivity contribution in [2.45, 2.75) is 6.54 Å². The van der Waals surface area contributed by atoms with E-state index < -0.39 is 0 Å². The van der Waals surface area contributed by atoms with Gasteiger partial charge < -0.3 is 18.8 Å². The number of ether oxygens (including phenoxy) is 3. The van der Waals surface area contributed by atoms with Gasteiger partial charge in [-0.15, -0.1) is 0 Å². The van der Waals surface area contributed by atoms with Gasteiger partial charge in [-0.2, -0.15) is 0 Å². The minimum absolute atomic E-state index is 0.216. The molecule has 0 aliphatic carbocycles. The Morgan fingerprint density at radius 2 is 2.08 bits per heavy atom. The van der Waals surface area contributed by atoms with Crippen LogP contribution >= 0.6 is 0 Å². The van der Waals surface area contributed by atoms with E-state index in [0.717, 1.165) is 16.6 Å². The highest BCUT2D eigenvalue weighted by molar-refractivity contribution is 5.94. The minimum atomic E-state index is -0.379. The Kier molecular flexibility index (Phi) is 3.85. The summed E-state index contributed by atoms with van der Waals surface area (Å²) in [5.74, 6) is 0.999. The van der Waals surface area contributed by atoms with Crippen LogP contribution in [0.3, 0.4) is 0 Å². The maximum absolute atomic E-state index is 12.2. The summed E-state index contributed by atoms with van der Waals surface area (Å²) in [4.78, 5) is 16.6. The highest BCUT2D eigenvalue weighted by Crippen LogP contribution is 2.33. The summed E-state index contributed by atoms with van der Waals surface area (Å²) in [6.45, 7) is 0.578. The number of para-hydroxylation sites is 2. The van der Waals surface area contributed by atoms with Gasteiger partial charge >= 0.3 is 5.97 Å². The highest BCUT2D eigenvalue weighted by Gasteiger charge is 2.15. The SMILES string of the molecule is COC(=O)/C(=C/c1ccc2c(c1)OCO2)Cn1cnc2ccccc21. The van der Waals surface area contributed by atoms with Crippen molar-refractivity contribution in [3.8, 4) is 11.5 Å². The molecule has 2 heterocycles. The molecule has 3 aromatic rings. The molecule has 1 aliphatic rings. The minimum Gasteiger partial charge on any atom is -0.466 e. The first-order chi connectivity index (χ1) is 12.2. The summed E-state index contributed by atoms with van der Waals surface area (Å²) >= 11 is 0. The van der Waals surface area contributed by atoms with Gasteiger partial charge in [0.05, 0.1) is 36.6 Å². The second kappa shape index (κ2) is 6.32. The number of fused-ring (bicyclic) bond motifs is 2. The van der Waals surface area contributed by atoms with E-state index in [-0.39, 0.29) is 12.8 Å². The third kappa shape index (κ3) is 2.94. The predicted octanol–water partition coefficient (Wildman–Crippen LogP) is 3.02. The normalized spacial score (nSPS) is 13.2. The molecule has 4 rings (SSSR count). The van der Waals surface area contributed by atoms with Gasteiger partial charge in [0.25, 0.3) is 0 Å². The van der Waals surface area contributed by atoms with Crippen molar-refractivity contribution in [2.24, 2.45) is 0 Å². The van der Waals surface area contributed by atoms with E-state index >= 15 is 0 Å². The number of hydrogen-bond donors (Lipinski definition) is 0. The smallest absolute Gasteiger partial charge is 0.335 e. The second-order valence-electron chi connectivity index (χ2n) is 5.64. The molecule has 0 saturated heterocycles. The van der Waals surface area contributed by atoms with Gasteiger partial charge in [-0.05, 0) is 35.9 Å². The zero-order valence-corrected chi connectivity index (χ0v) is 13.6. The van der Waals surface area contributed by atoms with Gasteiger partial charge in [-0.3, -0.25) is 0 Å². The zero-order chi connectivity index (χ0) is 17.2. The van der Waals surface area contributed by atoms with Crippen molar-refractivity contribution >= 4 is 23.1 Å². The first kappa shape index (κ1) is 15.3. The molecular weight excluding hydrogens is 320 g/mol. The summed E-state index contributed by atoms with van der Waals surface area (Å²) in [7, 11) is 1.38. The van der Waals surface area contributed by atoms with Gasteiger partial charge in [-0.25, -0.2) is 9.78 Å². The first-order valence-electron chi connectivity index (χ1n) is 7.83. The Labute approximate surface area is 144 Å². The van der Waals surface area contributed by atoms with Gasteiger partial charge in [0.2, 0.25) is 6.79 Å². The van der Waals surface area contributed by atoms with Crippen molar-refractivity contribution in [2.75, 3.05) is 13.9 Å².